The first-order valence-electron chi connectivity index (χ1n) is 3.79. The summed E-state index contributed by atoms with van der Waals surface area (Å²) in [4.78, 5) is 21.7. The van der Waals surface area contributed by atoms with Gasteiger partial charge in [0.15, 0.2) is 0 Å². The number of hydrogen-bond acceptors (Lipinski definition) is 4. The molecule has 0 radical (unpaired) electrons. The molecular formula is C7H14NO4+. The maximum absolute atomic E-state index is 10.9. The molecule has 5 nitrogen and oxygen atoms in total. The molecule has 0 aromatic carbocycles. The Hall–Kier alpha value is -1.10. The molecule has 0 aliphatic heterocycles. The van der Waals surface area contributed by atoms with Crippen LogP contribution in [-0.4, -0.2) is 31.2 Å². The van der Waals surface area contributed by atoms with Crippen LogP contribution in [0, 0.1) is 0 Å². The zero-order valence-corrected chi connectivity index (χ0v) is 7.33. The van der Waals surface area contributed by atoms with Crippen molar-refractivity contribution in [3.63, 3.8) is 0 Å². The summed E-state index contributed by atoms with van der Waals surface area (Å²) in [5, 5.41) is 0. The van der Waals surface area contributed by atoms with Crippen LogP contribution >= 0.6 is 0 Å². The molecule has 0 spiro atoms. The number of esters is 2. The SMILES string of the molecule is CCOC(=O)C([NH3+])C(=O)OCC. The van der Waals surface area contributed by atoms with Gasteiger partial charge in [-0.15, -0.1) is 0 Å². The van der Waals surface area contributed by atoms with Crippen LogP contribution in [-0.2, 0) is 19.1 Å². The molecule has 0 fully saturated rings. The van der Waals surface area contributed by atoms with Gasteiger partial charge in [-0.1, -0.05) is 0 Å². The summed E-state index contributed by atoms with van der Waals surface area (Å²) in [6.07, 6.45) is 0. The van der Waals surface area contributed by atoms with Crippen LogP contribution in [0.2, 0.25) is 0 Å². The fourth-order valence-electron chi connectivity index (χ4n) is 0.582. The summed E-state index contributed by atoms with van der Waals surface area (Å²) in [7, 11) is 0. The standard InChI is InChI=1S/C7H13NO4/c1-3-11-6(9)5(8)7(10)12-4-2/h5H,3-4,8H2,1-2H3/p+1. The predicted octanol–water partition coefficient (Wildman–Crippen LogP) is -1.28. The number of rotatable bonds is 4. The van der Waals surface area contributed by atoms with Crippen LogP contribution in [0.3, 0.4) is 0 Å². The van der Waals surface area contributed by atoms with Crippen LogP contribution in [0.4, 0.5) is 0 Å². The highest BCUT2D eigenvalue weighted by atomic mass is 16.6. The third-order valence-electron chi connectivity index (χ3n) is 1.14. The van der Waals surface area contributed by atoms with Crippen molar-refractivity contribution in [3.8, 4) is 0 Å². The lowest BCUT2D eigenvalue weighted by Crippen LogP contribution is -2.69. The number of carbonyl (C=O) groups excluding carboxylic acids is 2. The van der Waals surface area contributed by atoms with E-state index in [1.807, 2.05) is 0 Å². The predicted molar refractivity (Wildman–Crippen MR) is 39.9 cm³/mol. The van der Waals surface area contributed by atoms with Crippen molar-refractivity contribution in [2.75, 3.05) is 13.2 Å². The Balaban J connectivity index is 3.91. The smallest absolute Gasteiger partial charge is 0.376 e. The van der Waals surface area contributed by atoms with Crippen LogP contribution in [0.1, 0.15) is 13.8 Å². The first-order valence-corrected chi connectivity index (χ1v) is 3.79. The summed E-state index contributed by atoms with van der Waals surface area (Å²) in [6.45, 7) is 3.81. The summed E-state index contributed by atoms with van der Waals surface area (Å²) in [5.74, 6) is -1.29. The zero-order chi connectivity index (χ0) is 9.56. The van der Waals surface area contributed by atoms with Crippen molar-refractivity contribution in [2.24, 2.45) is 0 Å². The molecule has 0 unspecified atom stereocenters. The van der Waals surface area contributed by atoms with Gasteiger partial charge in [-0.3, -0.25) is 0 Å². The molecule has 0 heterocycles. The molecule has 0 bridgehead atoms. The quantitative estimate of drug-likeness (QED) is 0.427. The molecule has 0 aromatic heterocycles. The minimum Gasteiger partial charge on any atom is -0.461 e. The molecule has 3 N–H and O–H groups in total. The Labute approximate surface area is 70.8 Å². The lowest BCUT2D eigenvalue weighted by Gasteiger charge is -2.05. The van der Waals surface area contributed by atoms with E-state index >= 15 is 0 Å². The average Bonchev–Trinajstić information content (AvgIpc) is 2.04. The lowest BCUT2D eigenvalue weighted by molar-refractivity contribution is -0.398. The van der Waals surface area contributed by atoms with Crippen LogP contribution < -0.4 is 5.73 Å². The Morgan fingerprint density at radius 1 is 1.17 bits per heavy atom. The van der Waals surface area contributed by atoms with Crippen molar-refractivity contribution >= 4 is 11.9 Å². The molecule has 70 valence electrons. The van der Waals surface area contributed by atoms with Crippen molar-refractivity contribution in [2.45, 2.75) is 19.9 Å². The van der Waals surface area contributed by atoms with Gasteiger partial charge in [-0.2, -0.15) is 0 Å². The largest absolute Gasteiger partial charge is 0.461 e. The number of carbonyl (C=O) groups is 2. The number of quaternary nitrogens is 1. The van der Waals surface area contributed by atoms with E-state index in [-0.39, 0.29) is 13.2 Å². The van der Waals surface area contributed by atoms with E-state index in [4.69, 9.17) is 0 Å². The van der Waals surface area contributed by atoms with E-state index < -0.39 is 18.0 Å². The fraction of sp³-hybridized carbons (Fsp3) is 0.714. The second kappa shape index (κ2) is 5.54. The highest BCUT2D eigenvalue weighted by Gasteiger charge is 2.28. The summed E-state index contributed by atoms with van der Waals surface area (Å²) < 4.78 is 9.14. The first-order chi connectivity index (χ1) is 5.63. The van der Waals surface area contributed by atoms with Crippen molar-refractivity contribution in [3.05, 3.63) is 0 Å². The van der Waals surface area contributed by atoms with Gasteiger partial charge in [0.05, 0.1) is 13.2 Å². The molecular weight excluding hydrogens is 162 g/mol. The normalized spacial score (nSPS) is 9.67. The molecule has 0 aliphatic rings. The third-order valence-corrected chi connectivity index (χ3v) is 1.14. The van der Waals surface area contributed by atoms with Gasteiger partial charge < -0.3 is 15.2 Å². The van der Waals surface area contributed by atoms with Gasteiger partial charge >= 0.3 is 11.9 Å². The van der Waals surface area contributed by atoms with E-state index in [2.05, 4.69) is 15.2 Å². The van der Waals surface area contributed by atoms with Crippen LogP contribution in [0.15, 0.2) is 0 Å². The summed E-state index contributed by atoms with van der Waals surface area (Å²) >= 11 is 0. The van der Waals surface area contributed by atoms with Gasteiger partial charge in [0.25, 0.3) is 6.04 Å². The van der Waals surface area contributed by atoms with Crippen LogP contribution in [0.5, 0.6) is 0 Å². The van der Waals surface area contributed by atoms with Gasteiger partial charge in [0.1, 0.15) is 0 Å². The van der Waals surface area contributed by atoms with Gasteiger partial charge in [-0.05, 0) is 13.8 Å². The minimum absolute atomic E-state index is 0.240. The number of ether oxygens (including phenoxy) is 2. The first kappa shape index (κ1) is 10.9. The molecule has 12 heavy (non-hydrogen) atoms. The Kier molecular flexibility index (Phi) is 5.03. The van der Waals surface area contributed by atoms with Crippen molar-refractivity contribution in [1.82, 2.24) is 0 Å². The zero-order valence-electron chi connectivity index (χ0n) is 7.33. The highest BCUT2D eigenvalue weighted by Crippen LogP contribution is 1.87. The van der Waals surface area contributed by atoms with E-state index in [1.54, 1.807) is 13.8 Å². The molecule has 0 rings (SSSR count). The van der Waals surface area contributed by atoms with E-state index in [0.717, 1.165) is 0 Å². The molecule has 0 aliphatic carbocycles. The molecule has 0 amide bonds. The summed E-state index contributed by atoms with van der Waals surface area (Å²) in [6, 6.07) is -1.06. The second-order valence-electron chi connectivity index (χ2n) is 2.06. The van der Waals surface area contributed by atoms with Gasteiger partial charge in [0.2, 0.25) is 0 Å². The molecule has 0 saturated carbocycles. The van der Waals surface area contributed by atoms with Gasteiger partial charge in [0, 0.05) is 0 Å². The Morgan fingerprint density at radius 3 is 1.75 bits per heavy atom. The second-order valence-corrected chi connectivity index (χ2v) is 2.06. The minimum atomic E-state index is -1.06. The lowest BCUT2D eigenvalue weighted by atomic mass is 10.3. The Morgan fingerprint density at radius 2 is 1.50 bits per heavy atom. The maximum Gasteiger partial charge on any atom is 0.376 e. The topological polar surface area (TPSA) is 80.2 Å². The van der Waals surface area contributed by atoms with Gasteiger partial charge in [-0.25, -0.2) is 9.59 Å². The molecule has 0 atom stereocenters. The fourth-order valence-corrected chi connectivity index (χ4v) is 0.582. The average molecular weight is 176 g/mol. The highest BCUT2D eigenvalue weighted by molar-refractivity contribution is 5.97. The monoisotopic (exact) mass is 176 g/mol. The summed E-state index contributed by atoms with van der Waals surface area (Å²) in [5.41, 5.74) is 3.33. The Bertz CT molecular complexity index is 151. The molecule has 5 heteroatoms. The van der Waals surface area contributed by atoms with Crippen molar-refractivity contribution < 1.29 is 24.8 Å². The van der Waals surface area contributed by atoms with E-state index in [0.29, 0.717) is 0 Å². The third kappa shape index (κ3) is 3.34. The van der Waals surface area contributed by atoms with Crippen LogP contribution in [0.25, 0.3) is 0 Å². The van der Waals surface area contributed by atoms with E-state index in [9.17, 15) is 9.59 Å². The molecule has 0 saturated heterocycles. The molecule has 0 aromatic rings. The van der Waals surface area contributed by atoms with E-state index in [1.165, 1.54) is 0 Å². The number of hydrogen-bond donors (Lipinski definition) is 1. The maximum atomic E-state index is 10.9. The van der Waals surface area contributed by atoms with Crippen molar-refractivity contribution in [1.29, 1.82) is 0 Å².